The highest BCUT2D eigenvalue weighted by Gasteiger charge is 2.43. The Labute approximate surface area is 180 Å². The van der Waals surface area contributed by atoms with Crippen molar-refractivity contribution in [2.75, 3.05) is 24.8 Å². The van der Waals surface area contributed by atoms with Crippen LogP contribution in [-0.4, -0.2) is 52.6 Å². The van der Waals surface area contributed by atoms with Crippen molar-refractivity contribution in [2.45, 2.75) is 6.42 Å². The van der Waals surface area contributed by atoms with Crippen molar-refractivity contribution in [3.8, 4) is 0 Å². The molecule has 11 heteroatoms. The largest absolute Gasteiger partial charge is 0.364 e. The van der Waals surface area contributed by atoms with Crippen molar-refractivity contribution >= 4 is 28.8 Å². The van der Waals surface area contributed by atoms with Gasteiger partial charge in [-0.25, -0.2) is 4.79 Å². The Kier molecular flexibility index (Phi) is 4.59. The highest BCUT2D eigenvalue weighted by Crippen LogP contribution is 2.27. The van der Waals surface area contributed by atoms with Crippen molar-refractivity contribution in [1.29, 1.82) is 0 Å². The van der Waals surface area contributed by atoms with Crippen molar-refractivity contribution in [2.24, 2.45) is 0 Å². The molecule has 2 aliphatic rings. The minimum Gasteiger partial charge on any atom is -0.361 e. The van der Waals surface area contributed by atoms with Gasteiger partial charge >= 0.3 is 11.6 Å². The lowest BCUT2D eigenvalue weighted by molar-refractivity contribution is -0.636. The molecule has 160 valence electrons. The van der Waals surface area contributed by atoms with Gasteiger partial charge in [0.2, 0.25) is 11.6 Å². The lowest BCUT2D eigenvalue weighted by atomic mass is 9.89. The number of hydrogen-bond acceptors (Lipinski definition) is 8. The van der Waals surface area contributed by atoms with Crippen LogP contribution >= 0.6 is 0 Å². The summed E-state index contributed by atoms with van der Waals surface area (Å²) in [5.41, 5.74) is 0.297. The van der Waals surface area contributed by atoms with Gasteiger partial charge in [0, 0.05) is 35.5 Å². The van der Waals surface area contributed by atoms with E-state index < -0.39 is 22.4 Å². The lowest BCUT2D eigenvalue weighted by Crippen LogP contribution is -2.50. The number of carbonyl (C=O) groups excluding carboxylic acids is 3. The normalized spacial score (nSPS) is 15.3. The number of aromatic amines is 1. The average molecular weight is 434 g/mol. The lowest BCUT2D eigenvalue weighted by Gasteiger charge is -2.28. The SMILES string of the molecule is O=C1c2cc([N+](=O)[O-])ccc2C(=O)c2c1n[nH][n+]2C(=O)c1ccc(N2CCCOC2)cc1. The molecule has 0 atom stereocenters. The van der Waals surface area contributed by atoms with Crippen molar-refractivity contribution in [1.82, 2.24) is 10.3 Å². The number of nitrogens with zero attached hydrogens (tertiary/aromatic N) is 4. The van der Waals surface area contributed by atoms with Crippen LogP contribution in [0.25, 0.3) is 0 Å². The number of aromatic nitrogens is 3. The molecule has 0 unspecified atom stereocenters. The van der Waals surface area contributed by atoms with Gasteiger partial charge in [-0.15, -0.1) is 0 Å². The summed E-state index contributed by atoms with van der Waals surface area (Å²) < 4.78 is 6.37. The molecule has 1 aliphatic carbocycles. The van der Waals surface area contributed by atoms with E-state index in [0.29, 0.717) is 6.73 Å². The Morgan fingerprint density at radius 3 is 2.59 bits per heavy atom. The Bertz CT molecular complexity index is 1290. The first-order valence-electron chi connectivity index (χ1n) is 9.81. The Morgan fingerprint density at radius 2 is 1.91 bits per heavy atom. The van der Waals surface area contributed by atoms with E-state index in [1.807, 2.05) is 4.90 Å². The highest BCUT2D eigenvalue weighted by molar-refractivity contribution is 6.26. The molecule has 3 aromatic rings. The van der Waals surface area contributed by atoms with Crippen LogP contribution in [0.2, 0.25) is 0 Å². The average Bonchev–Trinajstić information content (AvgIpc) is 3.28. The maximum atomic E-state index is 13.1. The zero-order valence-corrected chi connectivity index (χ0v) is 16.6. The first kappa shape index (κ1) is 19.7. The molecule has 0 bridgehead atoms. The van der Waals surface area contributed by atoms with Gasteiger partial charge in [-0.2, -0.15) is 0 Å². The molecule has 1 aromatic heterocycles. The fourth-order valence-corrected chi connectivity index (χ4v) is 3.85. The number of hydrogen-bond donors (Lipinski definition) is 1. The summed E-state index contributed by atoms with van der Waals surface area (Å²) in [5.74, 6) is -1.85. The van der Waals surface area contributed by atoms with Gasteiger partial charge in [0.15, 0.2) is 0 Å². The van der Waals surface area contributed by atoms with Gasteiger partial charge in [0.05, 0.1) is 22.2 Å². The summed E-state index contributed by atoms with van der Waals surface area (Å²) in [5, 5.41) is 17.3. The van der Waals surface area contributed by atoms with E-state index in [-0.39, 0.29) is 33.8 Å². The Hall–Kier alpha value is -4.25. The summed E-state index contributed by atoms with van der Waals surface area (Å²) in [6, 6.07) is 10.2. The third-order valence-corrected chi connectivity index (χ3v) is 5.49. The van der Waals surface area contributed by atoms with E-state index in [9.17, 15) is 24.5 Å². The number of non-ortho nitro benzene ring substituents is 1. The second kappa shape index (κ2) is 7.46. The molecular weight excluding hydrogens is 418 g/mol. The minimum atomic E-state index is -0.665. The number of carbonyl (C=O) groups is 3. The van der Waals surface area contributed by atoms with Crippen LogP contribution in [0.5, 0.6) is 0 Å². The molecule has 1 N–H and O–H groups in total. The number of nitrogens with one attached hydrogen (secondary N) is 1. The molecule has 0 amide bonds. The topological polar surface area (TPSA) is 139 Å². The fraction of sp³-hybridized carbons (Fsp3) is 0.190. The van der Waals surface area contributed by atoms with E-state index in [0.717, 1.165) is 42.1 Å². The third-order valence-electron chi connectivity index (χ3n) is 5.49. The van der Waals surface area contributed by atoms with Crippen molar-refractivity contribution in [3.05, 3.63) is 80.7 Å². The number of nitro benzene ring substituents is 1. The van der Waals surface area contributed by atoms with Gasteiger partial charge in [0.1, 0.15) is 6.73 Å². The smallest absolute Gasteiger partial charge is 0.361 e. The summed E-state index contributed by atoms with van der Waals surface area (Å²) in [4.78, 5) is 51.3. The molecule has 0 spiro atoms. The minimum absolute atomic E-state index is 0.0171. The molecule has 32 heavy (non-hydrogen) atoms. The monoisotopic (exact) mass is 434 g/mol. The van der Waals surface area contributed by atoms with Crippen LogP contribution in [0, 0.1) is 10.1 Å². The number of nitro groups is 1. The molecule has 5 rings (SSSR count). The predicted molar refractivity (Wildman–Crippen MR) is 108 cm³/mol. The number of anilines is 1. The predicted octanol–water partition coefficient (Wildman–Crippen LogP) is 1.25. The molecule has 1 aliphatic heterocycles. The van der Waals surface area contributed by atoms with Crippen molar-refractivity contribution in [3.63, 3.8) is 0 Å². The van der Waals surface area contributed by atoms with E-state index in [1.54, 1.807) is 24.3 Å². The van der Waals surface area contributed by atoms with Gasteiger partial charge in [0.25, 0.3) is 11.4 Å². The summed E-state index contributed by atoms with van der Waals surface area (Å²) >= 11 is 0. The highest BCUT2D eigenvalue weighted by atomic mass is 16.6. The number of fused-ring (bicyclic) bond motifs is 2. The zero-order valence-electron chi connectivity index (χ0n) is 16.6. The van der Waals surface area contributed by atoms with E-state index in [2.05, 4.69) is 10.3 Å². The number of benzene rings is 2. The van der Waals surface area contributed by atoms with E-state index >= 15 is 0 Å². The van der Waals surface area contributed by atoms with Gasteiger partial charge in [-0.1, -0.05) is 4.68 Å². The van der Waals surface area contributed by atoms with Gasteiger partial charge in [-0.05, 0) is 42.0 Å². The second-order valence-electron chi connectivity index (χ2n) is 7.40. The van der Waals surface area contributed by atoms with Crippen LogP contribution in [0.3, 0.4) is 0 Å². The van der Waals surface area contributed by atoms with Crippen LogP contribution in [-0.2, 0) is 4.74 Å². The Balaban J connectivity index is 1.48. The molecule has 0 radical (unpaired) electrons. The molecule has 1 saturated heterocycles. The first-order chi connectivity index (χ1) is 15.5. The molecule has 2 heterocycles. The van der Waals surface area contributed by atoms with Crippen LogP contribution < -0.4 is 9.58 Å². The first-order valence-corrected chi connectivity index (χ1v) is 9.81. The molecular formula is C21H16N5O6+. The van der Waals surface area contributed by atoms with Gasteiger partial charge in [-0.3, -0.25) is 19.7 Å². The molecule has 0 saturated carbocycles. The quantitative estimate of drug-likeness (QED) is 0.289. The van der Waals surface area contributed by atoms with Crippen LogP contribution in [0.4, 0.5) is 11.4 Å². The molecule has 11 nitrogen and oxygen atoms in total. The maximum absolute atomic E-state index is 13.1. The second-order valence-corrected chi connectivity index (χ2v) is 7.40. The Morgan fingerprint density at radius 1 is 1.12 bits per heavy atom. The van der Waals surface area contributed by atoms with Gasteiger partial charge < -0.3 is 9.64 Å². The summed E-state index contributed by atoms with van der Waals surface area (Å²) in [6.07, 6.45) is 0.914. The summed E-state index contributed by atoms with van der Waals surface area (Å²) in [6.45, 7) is 2.05. The molecule has 1 fully saturated rings. The standard InChI is InChI=1S/C21H15N5O6/c27-19-16-10-14(26(30)31)6-7-15(16)20(28)18-17(19)22-23-25(18)21(29)12-2-4-13(5-3-12)24-8-1-9-32-11-24/h2-7,10H,1,8-9,11H2/p+1. The zero-order chi connectivity index (χ0) is 22.4. The summed E-state index contributed by atoms with van der Waals surface area (Å²) in [7, 11) is 0. The van der Waals surface area contributed by atoms with Crippen LogP contribution in [0.1, 0.15) is 48.9 Å². The third kappa shape index (κ3) is 3.06. The maximum Gasteiger partial charge on any atom is 0.364 e. The van der Waals surface area contributed by atoms with Crippen molar-refractivity contribution < 1.29 is 28.7 Å². The fourth-order valence-electron chi connectivity index (χ4n) is 3.85. The number of H-pyrrole nitrogens is 1. The van der Waals surface area contributed by atoms with E-state index in [1.165, 1.54) is 6.07 Å². The van der Waals surface area contributed by atoms with Crippen LogP contribution in [0.15, 0.2) is 42.5 Å². The number of ether oxygens (including phenoxy) is 1. The number of ketones is 2. The molecule has 2 aromatic carbocycles. The number of rotatable bonds is 3. The van der Waals surface area contributed by atoms with E-state index in [4.69, 9.17) is 4.74 Å².